The molecule has 1 amide bonds. The van der Waals surface area contributed by atoms with Crippen molar-refractivity contribution < 1.29 is 9.59 Å². The molecule has 1 aliphatic rings. The quantitative estimate of drug-likeness (QED) is 0.828. The van der Waals surface area contributed by atoms with Crippen molar-refractivity contribution in [1.29, 1.82) is 0 Å². The predicted molar refractivity (Wildman–Crippen MR) is 90.1 cm³/mol. The molecule has 0 aromatic heterocycles. The van der Waals surface area contributed by atoms with Gasteiger partial charge in [0.2, 0.25) is 5.91 Å². The van der Waals surface area contributed by atoms with Crippen LogP contribution in [0.3, 0.4) is 0 Å². The van der Waals surface area contributed by atoms with Gasteiger partial charge in [-0.05, 0) is 49.6 Å². The van der Waals surface area contributed by atoms with Crippen molar-refractivity contribution in [1.82, 2.24) is 0 Å². The van der Waals surface area contributed by atoms with Crippen molar-refractivity contribution in [3.8, 4) is 0 Å². The van der Waals surface area contributed by atoms with Gasteiger partial charge in [0, 0.05) is 15.7 Å². The minimum atomic E-state index is -0.435. The number of ketones is 1. The van der Waals surface area contributed by atoms with Crippen LogP contribution in [0.15, 0.2) is 53.0 Å². The maximum atomic E-state index is 12.7. The number of nitrogens with one attached hydrogen (secondary N) is 1. The second-order valence-electron chi connectivity index (χ2n) is 5.68. The molecule has 3 rings (SSSR count). The number of Topliss-reactive ketones (excluding diaryl/α,β-unsaturated/α-hetero) is 1. The molecule has 0 radical (unpaired) electrons. The van der Waals surface area contributed by atoms with E-state index in [1.807, 2.05) is 24.3 Å². The van der Waals surface area contributed by atoms with Crippen LogP contribution in [-0.4, -0.2) is 11.7 Å². The third kappa shape index (κ3) is 2.83. The van der Waals surface area contributed by atoms with Crippen LogP contribution < -0.4 is 5.32 Å². The van der Waals surface area contributed by atoms with Gasteiger partial charge in [-0.25, -0.2) is 0 Å². The van der Waals surface area contributed by atoms with Crippen LogP contribution in [0.2, 0.25) is 0 Å². The second kappa shape index (κ2) is 5.69. The van der Waals surface area contributed by atoms with E-state index in [-0.39, 0.29) is 11.7 Å². The van der Waals surface area contributed by atoms with E-state index in [0.717, 1.165) is 22.9 Å². The minimum absolute atomic E-state index is 0.00805. The van der Waals surface area contributed by atoms with Gasteiger partial charge in [-0.2, -0.15) is 0 Å². The Hall–Kier alpha value is -1.94. The SMILES string of the molecule is CC(=O)c1cccc(NC(=O)C2(c3cccc(Br)c3)CC2)c1. The Morgan fingerprint density at radius 2 is 1.82 bits per heavy atom. The molecule has 2 aromatic rings. The minimum Gasteiger partial charge on any atom is -0.325 e. The first kappa shape index (κ1) is 15.0. The molecule has 0 bridgehead atoms. The second-order valence-corrected chi connectivity index (χ2v) is 6.60. The maximum Gasteiger partial charge on any atom is 0.235 e. The Kier molecular flexibility index (Phi) is 3.87. The van der Waals surface area contributed by atoms with Crippen molar-refractivity contribution in [2.75, 3.05) is 5.32 Å². The number of halogens is 1. The number of carbonyl (C=O) groups excluding carboxylic acids is 2. The molecular weight excluding hydrogens is 342 g/mol. The summed E-state index contributed by atoms with van der Waals surface area (Å²) in [5.41, 5.74) is 1.86. The highest BCUT2D eigenvalue weighted by molar-refractivity contribution is 9.10. The van der Waals surface area contributed by atoms with Crippen molar-refractivity contribution >= 4 is 33.3 Å². The van der Waals surface area contributed by atoms with Gasteiger partial charge in [0.25, 0.3) is 0 Å². The van der Waals surface area contributed by atoms with Crippen LogP contribution in [0, 0.1) is 0 Å². The number of benzene rings is 2. The Morgan fingerprint density at radius 1 is 1.09 bits per heavy atom. The highest BCUT2D eigenvalue weighted by Crippen LogP contribution is 2.49. The lowest BCUT2D eigenvalue weighted by molar-refractivity contribution is -0.118. The molecule has 1 saturated carbocycles. The summed E-state index contributed by atoms with van der Waals surface area (Å²) >= 11 is 3.45. The van der Waals surface area contributed by atoms with Gasteiger partial charge in [-0.1, -0.05) is 40.2 Å². The van der Waals surface area contributed by atoms with Gasteiger partial charge in [0.1, 0.15) is 0 Å². The fourth-order valence-electron chi connectivity index (χ4n) is 2.62. The Labute approximate surface area is 137 Å². The van der Waals surface area contributed by atoms with Gasteiger partial charge < -0.3 is 5.32 Å². The summed E-state index contributed by atoms with van der Waals surface area (Å²) in [6.07, 6.45) is 1.70. The van der Waals surface area contributed by atoms with E-state index in [2.05, 4.69) is 21.2 Å². The molecule has 1 N–H and O–H groups in total. The molecular formula is C18H16BrNO2. The van der Waals surface area contributed by atoms with Gasteiger partial charge in [0.05, 0.1) is 5.41 Å². The fraction of sp³-hybridized carbons (Fsp3) is 0.222. The number of anilines is 1. The van der Waals surface area contributed by atoms with E-state index in [1.54, 1.807) is 24.3 Å². The van der Waals surface area contributed by atoms with Crippen LogP contribution in [0.25, 0.3) is 0 Å². The summed E-state index contributed by atoms with van der Waals surface area (Å²) in [6, 6.07) is 14.9. The van der Waals surface area contributed by atoms with E-state index in [4.69, 9.17) is 0 Å². The van der Waals surface area contributed by atoms with Crippen molar-refractivity contribution in [3.63, 3.8) is 0 Å². The van der Waals surface area contributed by atoms with Gasteiger partial charge >= 0.3 is 0 Å². The highest BCUT2D eigenvalue weighted by Gasteiger charge is 2.51. The van der Waals surface area contributed by atoms with Crippen LogP contribution >= 0.6 is 15.9 Å². The summed E-state index contributed by atoms with van der Waals surface area (Å²) in [5.74, 6) is -0.0180. The molecule has 112 valence electrons. The molecule has 0 atom stereocenters. The van der Waals surface area contributed by atoms with E-state index < -0.39 is 5.41 Å². The summed E-state index contributed by atoms with van der Waals surface area (Å²) in [4.78, 5) is 24.1. The molecule has 0 unspecified atom stereocenters. The summed E-state index contributed by atoms with van der Waals surface area (Å²) in [5, 5.41) is 2.95. The Morgan fingerprint density at radius 3 is 2.45 bits per heavy atom. The molecule has 4 heteroatoms. The Bertz CT molecular complexity index is 750. The number of amides is 1. The summed E-state index contributed by atoms with van der Waals surface area (Å²) in [7, 11) is 0. The summed E-state index contributed by atoms with van der Waals surface area (Å²) < 4.78 is 0.975. The lowest BCUT2D eigenvalue weighted by Crippen LogP contribution is -2.27. The third-order valence-corrected chi connectivity index (χ3v) is 4.58. The number of hydrogen-bond donors (Lipinski definition) is 1. The normalized spacial score (nSPS) is 15.2. The molecule has 0 spiro atoms. The van der Waals surface area contributed by atoms with Gasteiger partial charge in [0.15, 0.2) is 5.78 Å². The molecule has 0 heterocycles. The number of carbonyl (C=O) groups is 2. The smallest absolute Gasteiger partial charge is 0.235 e. The van der Waals surface area contributed by atoms with Crippen molar-refractivity contribution in [3.05, 3.63) is 64.1 Å². The first-order valence-corrected chi connectivity index (χ1v) is 7.99. The molecule has 1 aliphatic carbocycles. The lowest BCUT2D eigenvalue weighted by Gasteiger charge is -2.16. The monoisotopic (exact) mass is 357 g/mol. The lowest BCUT2D eigenvalue weighted by atomic mass is 9.95. The van der Waals surface area contributed by atoms with Crippen LogP contribution in [0.4, 0.5) is 5.69 Å². The molecule has 3 nitrogen and oxygen atoms in total. The third-order valence-electron chi connectivity index (χ3n) is 4.09. The number of hydrogen-bond acceptors (Lipinski definition) is 2. The molecule has 22 heavy (non-hydrogen) atoms. The zero-order valence-corrected chi connectivity index (χ0v) is 13.8. The first-order chi connectivity index (χ1) is 10.5. The zero-order chi connectivity index (χ0) is 15.7. The van der Waals surface area contributed by atoms with Crippen molar-refractivity contribution in [2.24, 2.45) is 0 Å². The largest absolute Gasteiger partial charge is 0.325 e. The van der Waals surface area contributed by atoms with Crippen LogP contribution in [-0.2, 0) is 10.2 Å². The van der Waals surface area contributed by atoms with Crippen LogP contribution in [0.5, 0.6) is 0 Å². The van der Waals surface area contributed by atoms with Crippen LogP contribution in [0.1, 0.15) is 35.7 Å². The molecule has 1 fully saturated rings. The fourth-order valence-corrected chi connectivity index (χ4v) is 3.02. The van der Waals surface area contributed by atoms with Gasteiger partial charge in [-0.3, -0.25) is 9.59 Å². The zero-order valence-electron chi connectivity index (χ0n) is 12.2. The Balaban J connectivity index is 1.83. The average molecular weight is 358 g/mol. The first-order valence-electron chi connectivity index (χ1n) is 7.20. The number of rotatable bonds is 4. The van der Waals surface area contributed by atoms with E-state index >= 15 is 0 Å². The summed E-state index contributed by atoms with van der Waals surface area (Å²) in [6.45, 7) is 1.52. The van der Waals surface area contributed by atoms with Gasteiger partial charge in [-0.15, -0.1) is 0 Å². The maximum absolute atomic E-state index is 12.7. The average Bonchev–Trinajstić information content (AvgIpc) is 3.29. The molecule has 0 aliphatic heterocycles. The standard InChI is InChI=1S/C18H16BrNO2/c1-12(21)13-4-2-7-16(10-13)20-17(22)18(8-9-18)14-5-3-6-15(19)11-14/h2-7,10-11H,8-9H2,1H3,(H,20,22). The van der Waals surface area contributed by atoms with E-state index in [1.165, 1.54) is 6.92 Å². The highest BCUT2D eigenvalue weighted by atomic mass is 79.9. The molecule has 0 saturated heterocycles. The molecule has 2 aromatic carbocycles. The predicted octanol–water partition coefficient (Wildman–Crippen LogP) is 4.32. The topological polar surface area (TPSA) is 46.2 Å². The van der Waals surface area contributed by atoms with E-state index in [9.17, 15) is 9.59 Å². The van der Waals surface area contributed by atoms with E-state index in [0.29, 0.717) is 11.3 Å². The van der Waals surface area contributed by atoms with Crippen molar-refractivity contribution in [2.45, 2.75) is 25.2 Å².